The molecule has 0 aliphatic carbocycles. The molecule has 2 fully saturated rings. The topological polar surface area (TPSA) is 38.5 Å². The zero-order chi connectivity index (χ0) is 7.90. The number of nitrogens with zero attached hydrogens (tertiary/aromatic N) is 1. The lowest BCUT2D eigenvalue weighted by atomic mass is 9.85. The monoisotopic (exact) mass is 156 g/mol. The van der Waals surface area contributed by atoms with Crippen LogP contribution >= 0.6 is 0 Å². The SMILES string of the molecule is CN1C[C@H]2CCOC[C@@]2(N)C1. The molecule has 2 saturated heterocycles. The van der Waals surface area contributed by atoms with Crippen molar-refractivity contribution in [1.82, 2.24) is 4.90 Å². The highest BCUT2D eigenvalue weighted by molar-refractivity contribution is 5.01. The lowest BCUT2D eigenvalue weighted by Gasteiger charge is -2.34. The van der Waals surface area contributed by atoms with Gasteiger partial charge >= 0.3 is 0 Å². The number of hydrogen-bond acceptors (Lipinski definition) is 3. The van der Waals surface area contributed by atoms with Crippen LogP contribution in [0.2, 0.25) is 0 Å². The number of likely N-dealkylation sites (tertiary alicyclic amines) is 1. The van der Waals surface area contributed by atoms with Crippen molar-refractivity contribution < 1.29 is 4.74 Å². The molecule has 0 amide bonds. The second-order valence-electron chi connectivity index (χ2n) is 3.97. The first-order valence-corrected chi connectivity index (χ1v) is 4.26. The van der Waals surface area contributed by atoms with Gasteiger partial charge in [-0.2, -0.15) is 0 Å². The molecule has 0 spiro atoms. The van der Waals surface area contributed by atoms with Crippen molar-refractivity contribution >= 4 is 0 Å². The van der Waals surface area contributed by atoms with Crippen LogP contribution in [0.15, 0.2) is 0 Å². The van der Waals surface area contributed by atoms with E-state index in [1.165, 1.54) is 0 Å². The van der Waals surface area contributed by atoms with E-state index >= 15 is 0 Å². The van der Waals surface area contributed by atoms with Gasteiger partial charge in [-0.05, 0) is 19.4 Å². The molecule has 2 atom stereocenters. The second-order valence-corrected chi connectivity index (χ2v) is 3.97. The summed E-state index contributed by atoms with van der Waals surface area (Å²) in [5, 5.41) is 0. The third kappa shape index (κ3) is 1.17. The maximum Gasteiger partial charge on any atom is 0.0661 e. The summed E-state index contributed by atoms with van der Waals surface area (Å²) < 4.78 is 5.38. The minimum atomic E-state index is -0.0347. The quantitative estimate of drug-likeness (QED) is 0.522. The van der Waals surface area contributed by atoms with Gasteiger partial charge in [0, 0.05) is 19.7 Å². The smallest absolute Gasteiger partial charge is 0.0661 e. The molecule has 0 aromatic rings. The molecule has 3 nitrogen and oxygen atoms in total. The van der Waals surface area contributed by atoms with Crippen LogP contribution in [0.4, 0.5) is 0 Å². The van der Waals surface area contributed by atoms with E-state index in [1.54, 1.807) is 0 Å². The molecule has 0 bridgehead atoms. The molecule has 2 heterocycles. The van der Waals surface area contributed by atoms with Gasteiger partial charge in [-0.3, -0.25) is 0 Å². The van der Waals surface area contributed by atoms with Crippen molar-refractivity contribution in [3.05, 3.63) is 0 Å². The van der Waals surface area contributed by atoms with Gasteiger partial charge in [-0.15, -0.1) is 0 Å². The van der Waals surface area contributed by atoms with Crippen LogP contribution in [-0.2, 0) is 4.74 Å². The summed E-state index contributed by atoms with van der Waals surface area (Å²) in [4.78, 5) is 2.30. The molecular weight excluding hydrogens is 140 g/mol. The summed E-state index contributed by atoms with van der Waals surface area (Å²) in [6.07, 6.45) is 1.14. The predicted molar refractivity (Wildman–Crippen MR) is 43.3 cm³/mol. The number of fused-ring (bicyclic) bond motifs is 1. The van der Waals surface area contributed by atoms with E-state index in [0.29, 0.717) is 5.92 Å². The van der Waals surface area contributed by atoms with E-state index < -0.39 is 0 Å². The number of hydrogen-bond donors (Lipinski definition) is 1. The summed E-state index contributed by atoms with van der Waals surface area (Å²) in [6.45, 7) is 3.80. The van der Waals surface area contributed by atoms with Crippen molar-refractivity contribution in [3.63, 3.8) is 0 Å². The van der Waals surface area contributed by atoms with E-state index in [9.17, 15) is 0 Å². The van der Waals surface area contributed by atoms with Gasteiger partial charge in [0.25, 0.3) is 0 Å². The predicted octanol–water partition coefficient (Wildman–Crippen LogP) is -0.334. The molecule has 64 valence electrons. The highest BCUT2D eigenvalue weighted by Crippen LogP contribution is 2.30. The van der Waals surface area contributed by atoms with Crippen LogP contribution < -0.4 is 5.73 Å². The van der Waals surface area contributed by atoms with Gasteiger partial charge in [0.15, 0.2) is 0 Å². The molecule has 0 aromatic carbocycles. The van der Waals surface area contributed by atoms with Crippen molar-refractivity contribution in [2.45, 2.75) is 12.0 Å². The Balaban J connectivity index is 2.11. The van der Waals surface area contributed by atoms with Crippen LogP contribution in [-0.4, -0.2) is 43.8 Å². The minimum Gasteiger partial charge on any atom is -0.379 e. The molecule has 0 aromatic heterocycles. The molecule has 2 aliphatic heterocycles. The van der Waals surface area contributed by atoms with Gasteiger partial charge in [0.05, 0.1) is 12.1 Å². The molecule has 2 N–H and O–H groups in total. The van der Waals surface area contributed by atoms with Gasteiger partial charge < -0.3 is 15.4 Å². The van der Waals surface area contributed by atoms with Crippen LogP contribution in [0.1, 0.15) is 6.42 Å². The minimum absolute atomic E-state index is 0.0347. The number of rotatable bonds is 0. The van der Waals surface area contributed by atoms with Crippen molar-refractivity contribution in [2.75, 3.05) is 33.4 Å². The van der Waals surface area contributed by atoms with E-state index in [0.717, 1.165) is 32.7 Å². The fraction of sp³-hybridized carbons (Fsp3) is 1.00. The van der Waals surface area contributed by atoms with Gasteiger partial charge in [0.1, 0.15) is 0 Å². The Bertz CT molecular complexity index is 162. The zero-order valence-corrected chi connectivity index (χ0v) is 7.05. The highest BCUT2D eigenvalue weighted by Gasteiger charge is 2.44. The summed E-state index contributed by atoms with van der Waals surface area (Å²) in [5.41, 5.74) is 6.15. The number of nitrogens with two attached hydrogens (primary N) is 1. The Morgan fingerprint density at radius 2 is 2.45 bits per heavy atom. The Morgan fingerprint density at radius 1 is 1.64 bits per heavy atom. The first-order chi connectivity index (χ1) is 5.21. The van der Waals surface area contributed by atoms with E-state index in [1.807, 2.05) is 0 Å². The van der Waals surface area contributed by atoms with Crippen LogP contribution in [0.25, 0.3) is 0 Å². The van der Waals surface area contributed by atoms with E-state index in [4.69, 9.17) is 10.5 Å². The summed E-state index contributed by atoms with van der Waals surface area (Å²) in [5.74, 6) is 0.668. The average molecular weight is 156 g/mol. The van der Waals surface area contributed by atoms with Gasteiger partial charge in [-0.1, -0.05) is 0 Å². The van der Waals surface area contributed by atoms with Crippen molar-refractivity contribution in [3.8, 4) is 0 Å². The third-order valence-corrected chi connectivity index (χ3v) is 2.89. The standard InChI is InChI=1S/C8H16N2O/c1-10-4-7-2-3-11-6-8(7,9)5-10/h7H,2-6,9H2,1H3/t7-,8+/m1/s1. The van der Waals surface area contributed by atoms with E-state index in [2.05, 4.69) is 11.9 Å². The van der Waals surface area contributed by atoms with Crippen LogP contribution in [0.3, 0.4) is 0 Å². The molecule has 0 saturated carbocycles. The Morgan fingerprint density at radius 3 is 3.18 bits per heavy atom. The Labute approximate surface area is 67.5 Å². The summed E-state index contributed by atoms with van der Waals surface area (Å²) in [7, 11) is 2.13. The first-order valence-electron chi connectivity index (χ1n) is 4.26. The number of ether oxygens (including phenoxy) is 1. The maximum atomic E-state index is 6.19. The normalized spacial score (nSPS) is 45.8. The van der Waals surface area contributed by atoms with Gasteiger partial charge in [0.2, 0.25) is 0 Å². The molecule has 0 radical (unpaired) electrons. The number of likely N-dealkylation sites (N-methyl/N-ethyl adjacent to an activating group) is 1. The van der Waals surface area contributed by atoms with Crippen molar-refractivity contribution in [1.29, 1.82) is 0 Å². The molecule has 11 heavy (non-hydrogen) atoms. The lowest BCUT2D eigenvalue weighted by molar-refractivity contribution is 0.0199. The molecular formula is C8H16N2O. The average Bonchev–Trinajstić information content (AvgIpc) is 2.22. The maximum absolute atomic E-state index is 6.19. The van der Waals surface area contributed by atoms with E-state index in [-0.39, 0.29) is 5.54 Å². The van der Waals surface area contributed by atoms with Gasteiger partial charge in [-0.25, -0.2) is 0 Å². The van der Waals surface area contributed by atoms with Crippen LogP contribution in [0.5, 0.6) is 0 Å². The lowest BCUT2D eigenvalue weighted by Crippen LogP contribution is -2.54. The summed E-state index contributed by atoms with van der Waals surface area (Å²) in [6, 6.07) is 0. The second kappa shape index (κ2) is 2.44. The molecule has 0 unspecified atom stereocenters. The summed E-state index contributed by atoms with van der Waals surface area (Å²) >= 11 is 0. The first kappa shape index (κ1) is 7.53. The molecule has 2 rings (SSSR count). The molecule has 3 heteroatoms. The zero-order valence-electron chi connectivity index (χ0n) is 7.05. The fourth-order valence-corrected chi connectivity index (χ4v) is 2.28. The van der Waals surface area contributed by atoms with Crippen molar-refractivity contribution in [2.24, 2.45) is 11.7 Å². The highest BCUT2D eigenvalue weighted by atomic mass is 16.5. The molecule has 2 aliphatic rings. The Kier molecular flexibility index (Phi) is 1.67. The largest absolute Gasteiger partial charge is 0.379 e. The van der Waals surface area contributed by atoms with Crippen LogP contribution in [0, 0.1) is 5.92 Å². The fourth-order valence-electron chi connectivity index (χ4n) is 2.28. The third-order valence-electron chi connectivity index (χ3n) is 2.89. The Hall–Kier alpha value is -0.120.